The van der Waals surface area contributed by atoms with Crippen molar-refractivity contribution in [1.29, 1.82) is 0 Å². The summed E-state index contributed by atoms with van der Waals surface area (Å²) in [4.78, 5) is 12.1. The number of benzene rings is 1. The van der Waals surface area contributed by atoms with Crippen LogP contribution in [0.5, 0.6) is 5.75 Å². The van der Waals surface area contributed by atoms with Crippen molar-refractivity contribution in [2.45, 2.75) is 52.6 Å². The van der Waals surface area contributed by atoms with Crippen LogP contribution in [0.1, 0.15) is 45.6 Å². The highest BCUT2D eigenvalue weighted by Crippen LogP contribution is 2.35. The van der Waals surface area contributed by atoms with Crippen LogP contribution in [-0.2, 0) is 11.2 Å². The third-order valence-electron chi connectivity index (χ3n) is 5.06. The van der Waals surface area contributed by atoms with Crippen LogP contribution in [0.25, 0.3) is 0 Å². The average Bonchev–Trinajstić information content (AvgIpc) is 2.55. The van der Waals surface area contributed by atoms with Crippen molar-refractivity contribution in [2.24, 2.45) is 17.8 Å². The number of alkyl carbamates (subject to hydrolysis) is 1. The summed E-state index contributed by atoms with van der Waals surface area (Å²) >= 11 is 0. The lowest BCUT2D eigenvalue weighted by atomic mass is 9.75. The van der Waals surface area contributed by atoms with Crippen LogP contribution in [-0.4, -0.2) is 25.9 Å². The second-order valence-corrected chi connectivity index (χ2v) is 7.29. The highest BCUT2D eigenvalue weighted by atomic mass is 16.6. The highest BCUT2D eigenvalue weighted by molar-refractivity contribution is 5.67. The molecule has 0 aromatic heterocycles. The summed E-state index contributed by atoms with van der Waals surface area (Å²) in [6, 6.07) is 7.90. The largest absolute Gasteiger partial charge is 0.497 e. The molecule has 1 amide bonds. The van der Waals surface area contributed by atoms with Gasteiger partial charge in [-0.15, -0.1) is 0 Å². The first-order chi connectivity index (χ1) is 11.5. The first-order valence-electron chi connectivity index (χ1n) is 9.07. The van der Waals surface area contributed by atoms with Crippen molar-refractivity contribution in [3.05, 3.63) is 29.8 Å². The van der Waals surface area contributed by atoms with Crippen molar-refractivity contribution < 1.29 is 14.3 Å². The van der Waals surface area contributed by atoms with Gasteiger partial charge in [-0.3, -0.25) is 0 Å². The number of carbonyl (C=O) groups is 1. The second kappa shape index (κ2) is 8.95. The van der Waals surface area contributed by atoms with Gasteiger partial charge < -0.3 is 14.8 Å². The van der Waals surface area contributed by atoms with Gasteiger partial charge in [0, 0.05) is 6.54 Å². The molecule has 1 aromatic rings. The molecule has 134 valence electrons. The summed E-state index contributed by atoms with van der Waals surface area (Å²) in [6.07, 6.45) is 3.93. The molecule has 1 unspecified atom stereocenters. The second-order valence-electron chi connectivity index (χ2n) is 7.29. The number of methoxy groups -OCH3 is 1. The Kier molecular flexibility index (Phi) is 6.95. The zero-order valence-corrected chi connectivity index (χ0v) is 15.4. The molecule has 4 heteroatoms. The van der Waals surface area contributed by atoms with E-state index in [4.69, 9.17) is 9.47 Å². The average molecular weight is 333 g/mol. The molecule has 0 radical (unpaired) electrons. The summed E-state index contributed by atoms with van der Waals surface area (Å²) in [5.41, 5.74) is 1.17. The van der Waals surface area contributed by atoms with Crippen molar-refractivity contribution in [3.8, 4) is 5.75 Å². The van der Waals surface area contributed by atoms with Gasteiger partial charge in [0.15, 0.2) is 0 Å². The molecular weight excluding hydrogens is 302 g/mol. The fraction of sp³-hybridized carbons (Fsp3) is 0.650. The van der Waals surface area contributed by atoms with Gasteiger partial charge in [-0.1, -0.05) is 39.3 Å². The quantitative estimate of drug-likeness (QED) is 0.838. The molecule has 1 aliphatic carbocycles. The van der Waals surface area contributed by atoms with Crippen molar-refractivity contribution >= 4 is 6.09 Å². The predicted octanol–water partition coefficient (Wildman–Crippen LogP) is 4.42. The highest BCUT2D eigenvalue weighted by Gasteiger charge is 2.33. The van der Waals surface area contributed by atoms with Gasteiger partial charge in [0.2, 0.25) is 0 Å². The van der Waals surface area contributed by atoms with Crippen LogP contribution in [0.15, 0.2) is 24.3 Å². The third-order valence-corrected chi connectivity index (χ3v) is 5.06. The number of hydrogen-bond acceptors (Lipinski definition) is 3. The van der Waals surface area contributed by atoms with E-state index in [1.807, 2.05) is 24.3 Å². The molecule has 0 spiro atoms. The maximum Gasteiger partial charge on any atom is 0.407 e. The van der Waals surface area contributed by atoms with Crippen LogP contribution < -0.4 is 10.1 Å². The summed E-state index contributed by atoms with van der Waals surface area (Å²) in [5, 5.41) is 2.89. The summed E-state index contributed by atoms with van der Waals surface area (Å²) in [5.74, 6) is 2.51. The van der Waals surface area contributed by atoms with E-state index in [9.17, 15) is 4.79 Å². The normalized spacial score (nSPS) is 23.8. The summed E-state index contributed by atoms with van der Waals surface area (Å²) < 4.78 is 10.9. The topological polar surface area (TPSA) is 47.6 Å². The number of rotatable bonds is 6. The van der Waals surface area contributed by atoms with E-state index in [2.05, 4.69) is 26.1 Å². The van der Waals surface area contributed by atoms with E-state index < -0.39 is 0 Å². The van der Waals surface area contributed by atoms with Gasteiger partial charge >= 0.3 is 6.09 Å². The molecule has 1 N–H and O–H groups in total. The fourth-order valence-electron chi connectivity index (χ4n) is 3.53. The van der Waals surface area contributed by atoms with Crippen LogP contribution in [0.3, 0.4) is 0 Å². The van der Waals surface area contributed by atoms with Crippen LogP contribution >= 0.6 is 0 Å². The zero-order valence-electron chi connectivity index (χ0n) is 15.4. The molecule has 4 nitrogen and oxygen atoms in total. The van der Waals surface area contributed by atoms with E-state index in [0.29, 0.717) is 24.3 Å². The van der Waals surface area contributed by atoms with Gasteiger partial charge in [0.05, 0.1) is 7.11 Å². The monoisotopic (exact) mass is 333 g/mol. The molecule has 1 aromatic carbocycles. The lowest BCUT2D eigenvalue weighted by Crippen LogP contribution is -2.39. The Hall–Kier alpha value is -1.71. The first kappa shape index (κ1) is 18.6. The number of ether oxygens (including phenoxy) is 2. The Morgan fingerprint density at radius 1 is 1.25 bits per heavy atom. The molecule has 0 aliphatic heterocycles. The van der Waals surface area contributed by atoms with Crippen molar-refractivity contribution in [3.63, 3.8) is 0 Å². The predicted molar refractivity (Wildman–Crippen MR) is 96.3 cm³/mol. The molecular formula is C20H31NO3. The SMILES string of the molecule is COc1ccc(CCNC(=O)O[C@@H]2C[C@H](C)CCC2C(C)C)cc1. The van der Waals surface area contributed by atoms with Gasteiger partial charge in [-0.05, 0) is 54.7 Å². The van der Waals surface area contributed by atoms with Gasteiger partial charge in [-0.25, -0.2) is 4.79 Å². The molecule has 3 atom stereocenters. The van der Waals surface area contributed by atoms with Crippen LogP contribution in [0.4, 0.5) is 4.79 Å². The van der Waals surface area contributed by atoms with Gasteiger partial charge in [0.25, 0.3) is 0 Å². The van der Waals surface area contributed by atoms with E-state index in [0.717, 1.165) is 25.0 Å². The number of nitrogens with one attached hydrogen (secondary N) is 1. The number of amides is 1. The Morgan fingerprint density at radius 2 is 1.96 bits per heavy atom. The Balaban J connectivity index is 1.77. The molecule has 0 saturated heterocycles. The molecule has 1 aliphatic rings. The van der Waals surface area contributed by atoms with Crippen LogP contribution in [0.2, 0.25) is 0 Å². The zero-order chi connectivity index (χ0) is 17.5. The van der Waals surface area contributed by atoms with Gasteiger partial charge in [0.1, 0.15) is 11.9 Å². The maximum atomic E-state index is 12.1. The first-order valence-corrected chi connectivity index (χ1v) is 9.07. The van der Waals surface area contributed by atoms with E-state index in [1.54, 1.807) is 7.11 Å². The van der Waals surface area contributed by atoms with Gasteiger partial charge in [-0.2, -0.15) is 0 Å². The minimum Gasteiger partial charge on any atom is -0.497 e. The molecule has 0 bridgehead atoms. The molecule has 0 heterocycles. The Bertz CT molecular complexity index is 512. The van der Waals surface area contributed by atoms with Crippen molar-refractivity contribution in [2.75, 3.05) is 13.7 Å². The van der Waals surface area contributed by atoms with Crippen LogP contribution in [0, 0.1) is 17.8 Å². The number of hydrogen-bond donors (Lipinski definition) is 1. The maximum absolute atomic E-state index is 12.1. The standard InChI is InChI=1S/C20H31NO3/c1-14(2)18-10-5-15(3)13-19(18)24-20(22)21-12-11-16-6-8-17(23-4)9-7-16/h6-9,14-15,18-19H,5,10-13H2,1-4H3,(H,21,22)/t15-,18?,19-/m1/s1. The minimum atomic E-state index is -0.284. The van der Waals surface area contributed by atoms with E-state index in [1.165, 1.54) is 12.0 Å². The fourth-order valence-corrected chi connectivity index (χ4v) is 3.53. The van der Waals surface area contributed by atoms with E-state index in [-0.39, 0.29) is 12.2 Å². The molecule has 1 saturated carbocycles. The third kappa shape index (κ3) is 5.43. The van der Waals surface area contributed by atoms with E-state index >= 15 is 0 Å². The lowest BCUT2D eigenvalue weighted by molar-refractivity contribution is 0.00630. The summed E-state index contributed by atoms with van der Waals surface area (Å²) in [6.45, 7) is 7.27. The summed E-state index contributed by atoms with van der Waals surface area (Å²) in [7, 11) is 1.66. The van der Waals surface area contributed by atoms with Crippen molar-refractivity contribution in [1.82, 2.24) is 5.32 Å². The Labute approximate surface area is 145 Å². The smallest absolute Gasteiger partial charge is 0.407 e. The molecule has 1 fully saturated rings. The molecule has 2 rings (SSSR count). The minimum absolute atomic E-state index is 0.0507. The lowest BCUT2D eigenvalue weighted by Gasteiger charge is -2.36. The Morgan fingerprint density at radius 3 is 2.58 bits per heavy atom. The molecule has 24 heavy (non-hydrogen) atoms. The number of carbonyl (C=O) groups excluding carboxylic acids is 1.